The predicted molar refractivity (Wildman–Crippen MR) is 97.0 cm³/mol. The van der Waals surface area contributed by atoms with Crippen LogP contribution in [0.15, 0.2) is 42.9 Å². The molecule has 1 N–H and O–H groups in total. The number of fused-ring (bicyclic) bond motifs is 1. The first-order valence-electron chi connectivity index (χ1n) is 8.20. The first kappa shape index (κ1) is 19.2. The summed E-state index contributed by atoms with van der Waals surface area (Å²) >= 11 is 5.87. The monoisotopic (exact) mass is 396 g/mol. The Morgan fingerprint density at radius 1 is 1.19 bits per heavy atom. The van der Waals surface area contributed by atoms with Crippen molar-refractivity contribution in [2.24, 2.45) is 0 Å². The van der Waals surface area contributed by atoms with Crippen LogP contribution in [0.5, 0.6) is 5.88 Å². The molecule has 0 saturated carbocycles. The number of benzene rings is 1. The Morgan fingerprint density at radius 2 is 1.96 bits per heavy atom. The third-order valence-electron chi connectivity index (χ3n) is 3.93. The number of anilines is 1. The second-order valence-corrected chi connectivity index (χ2v) is 6.22. The Morgan fingerprint density at radius 3 is 2.67 bits per heavy atom. The van der Waals surface area contributed by atoms with Gasteiger partial charge in [0.25, 0.3) is 0 Å². The number of ether oxygens (including phenoxy) is 1. The molecule has 0 bridgehead atoms. The maximum atomic E-state index is 12.7. The van der Waals surface area contributed by atoms with E-state index < -0.39 is 11.7 Å². The quantitative estimate of drug-likeness (QED) is 0.637. The summed E-state index contributed by atoms with van der Waals surface area (Å²) in [6.07, 6.45) is -1.65. The van der Waals surface area contributed by atoms with Gasteiger partial charge in [0.2, 0.25) is 5.88 Å². The van der Waals surface area contributed by atoms with Crippen molar-refractivity contribution in [1.82, 2.24) is 15.0 Å². The fourth-order valence-electron chi connectivity index (χ4n) is 2.44. The van der Waals surface area contributed by atoms with E-state index in [0.29, 0.717) is 18.4 Å². The van der Waals surface area contributed by atoms with E-state index >= 15 is 0 Å². The first-order valence-corrected chi connectivity index (χ1v) is 8.58. The highest BCUT2D eigenvalue weighted by Crippen LogP contribution is 2.33. The van der Waals surface area contributed by atoms with Crippen molar-refractivity contribution in [3.63, 3.8) is 0 Å². The zero-order chi connectivity index (χ0) is 19.4. The number of pyridine rings is 1. The molecule has 0 radical (unpaired) electrons. The lowest BCUT2D eigenvalue weighted by Crippen LogP contribution is -2.27. The summed E-state index contributed by atoms with van der Waals surface area (Å²) in [4.78, 5) is 12.1. The van der Waals surface area contributed by atoms with E-state index in [9.17, 15) is 13.2 Å². The maximum Gasteiger partial charge on any atom is 0.417 e. The van der Waals surface area contributed by atoms with Crippen LogP contribution in [0, 0.1) is 0 Å². The minimum Gasteiger partial charge on any atom is -0.474 e. The van der Waals surface area contributed by atoms with E-state index in [1.807, 2.05) is 31.2 Å². The molecule has 2 aromatic heterocycles. The average Bonchev–Trinajstić information content (AvgIpc) is 2.65. The molecule has 0 saturated heterocycles. The van der Waals surface area contributed by atoms with Gasteiger partial charge in [-0.25, -0.2) is 15.0 Å². The first-order chi connectivity index (χ1) is 12.9. The molecule has 2 heterocycles. The predicted octanol–water partition coefficient (Wildman–Crippen LogP) is 4.97. The summed E-state index contributed by atoms with van der Waals surface area (Å²) in [5.41, 5.74) is -0.115. The van der Waals surface area contributed by atoms with Gasteiger partial charge in [-0.3, -0.25) is 0 Å². The molecule has 3 aromatic rings. The van der Waals surface area contributed by atoms with Crippen LogP contribution in [0.25, 0.3) is 10.9 Å². The van der Waals surface area contributed by atoms with Crippen molar-refractivity contribution < 1.29 is 17.9 Å². The number of aromatic nitrogens is 3. The average molecular weight is 397 g/mol. The molecule has 0 amide bonds. The number of hydrogen-bond donors (Lipinski definition) is 1. The molecule has 1 unspecified atom stereocenters. The molecule has 9 heteroatoms. The summed E-state index contributed by atoms with van der Waals surface area (Å²) < 4.78 is 43.6. The molecule has 1 aromatic carbocycles. The van der Waals surface area contributed by atoms with Crippen LogP contribution < -0.4 is 10.1 Å². The third kappa shape index (κ3) is 4.57. The fourth-order valence-corrected chi connectivity index (χ4v) is 2.66. The summed E-state index contributed by atoms with van der Waals surface area (Å²) in [6.45, 7) is 2.11. The van der Waals surface area contributed by atoms with Gasteiger partial charge in [-0.2, -0.15) is 13.2 Å². The van der Waals surface area contributed by atoms with Gasteiger partial charge >= 0.3 is 6.18 Å². The molecule has 0 aliphatic heterocycles. The summed E-state index contributed by atoms with van der Waals surface area (Å²) in [7, 11) is 0. The van der Waals surface area contributed by atoms with Crippen LogP contribution in [0.2, 0.25) is 5.02 Å². The highest BCUT2D eigenvalue weighted by Gasteiger charge is 2.31. The molecule has 0 fully saturated rings. The number of nitrogens with zero attached hydrogens (tertiary/aromatic N) is 3. The molecular weight excluding hydrogens is 381 g/mol. The van der Waals surface area contributed by atoms with Crippen molar-refractivity contribution in [1.29, 1.82) is 0 Å². The zero-order valence-electron chi connectivity index (χ0n) is 14.3. The number of rotatable bonds is 6. The second-order valence-electron chi connectivity index (χ2n) is 5.81. The number of alkyl halides is 3. The van der Waals surface area contributed by atoms with Gasteiger partial charge in [-0.15, -0.1) is 0 Å². The Labute approximate surface area is 158 Å². The van der Waals surface area contributed by atoms with Gasteiger partial charge in [0.1, 0.15) is 23.8 Å². The minimum atomic E-state index is -4.50. The Hall–Kier alpha value is -2.61. The van der Waals surface area contributed by atoms with Crippen molar-refractivity contribution in [2.45, 2.75) is 25.6 Å². The number of hydrogen-bond acceptors (Lipinski definition) is 5. The van der Waals surface area contributed by atoms with Crippen LogP contribution in [0.4, 0.5) is 19.0 Å². The van der Waals surface area contributed by atoms with E-state index in [0.717, 1.165) is 17.0 Å². The second kappa shape index (κ2) is 7.96. The maximum absolute atomic E-state index is 12.7. The third-order valence-corrected chi connectivity index (χ3v) is 4.20. The SMILES string of the molecule is CCC(COc1ncc(C(F)(F)F)cc1Cl)Nc1ncnc2ccccc12. The number of para-hydroxylation sites is 1. The lowest BCUT2D eigenvalue weighted by atomic mass is 10.2. The number of nitrogens with one attached hydrogen (secondary N) is 1. The fraction of sp³-hybridized carbons (Fsp3) is 0.278. The van der Waals surface area contributed by atoms with E-state index in [4.69, 9.17) is 16.3 Å². The topological polar surface area (TPSA) is 59.9 Å². The van der Waals surface area contributed by atoms with Gasteiger partial charge in [-0.05, 0) is 24.6 Å². The van der Waals surface area contributed by atoms with Crippen molar-refractivity contribution in [2.75, 3.05) is 11.9 Å². The molecule has 5 nitrogen and oxygen atoms in total. The molecule has 142 valence electrons. The highest BCUT2D eigenvalue weighted by molar-refractivity contribution is 6.31. The molecule has 0 spiro atoms. The van der Waals surface area contributed by atoms with E-state index in [-0.39, 0.29) is 23.6 Å². The summed E-state index contributed by atoms with van der Waals surface area (Å²) in [6, 6.07) is 8.21. The summed E-state index contributed by atoms with van der Waals surface area (Å²) in [5.74, 6) is 0.611. The lowest BCUT2D eigenvalue weighted by molar-refractivity contribution is -0.137. The standard InChI is InChI=1S/C18H16ClF3N4O/c1-2-12(26-16-13-5-3-4-6-15(13)24-10-25-16)9-27-17-14(19)7-11(8-23-17)18(20,21)22/h3-8,10,12H,2,9H2,1H3,(H,24,25,26). The molecule has 0 aliphatic carbocycles. The van der Waals surface area contributed by atoms with Crippen LogP contribution in [-0.2, 0) is 6.18 Å². The normalized spacial score (nSPS) is 12.8. The number of halogens is 4. The lowest BCUT2D eigenvalue weighted by Gasteiger charge is -2.19. The van der Waals surface area contributed by atoms with E-state index in [1.54, 1.807) is 0 Å². The van der Waals surface area contributed by atoms with Crippen molar-refractivity contribution in [3.05, 3.63) is 53.4 Å². The summed E-state index contributed by atoms with van der Waals surface area (Å²) in [5, 5.41) is 3.95. The molecule has 1 atom stereocenters. The van der Waals surface area contributed by atoms with Crippen LogP contribution in [-0.4, -0.2) is 27.6 Å². The molecular formula is C18H16ClF3N4O. The van der Waals surface area contributed by atoms with Crippen LogP contribution in [0.1, 0.15) is 18.9 Å². The van der Waals surface area contributed by atoms with Gasteiger partial charge in [0.05, 0.1) is 17.1 Å². The molecule has 0 aliphatic rings. The van der Waals surface area contributed by atoms with Crippen LogP contribution in [0.3, 0.4) is 0 Å². The highest BCUT2D eigenvalue weighted by atomic mass is 35.5. The largest absolute Gasteiger partial charge is 0.474 e. The van der Waals surface area contributed by atoms with Crippen molar-refractivity contribution >= 4 is 28.3 Å². The molecule has 3 rings (SSSR count). The minimum absolute atomic E-state index is 0.0440. The van der Waals surface area contributed by atoms with E-state index in [1.165, 1.54) is 6.33 Å². The Kier molecular flexibility index (Phi) is 5.65. The van der Waals surface area contributed by atoms with E-state index in [2.05, 4.69) is 20.3 Å². The Balaban J connectivity index is 1.71. The smallest absolute Gasteiger partial charge is 0.417 e. The zero-order valence-corrected chi connectivity index (χ0v) is 15.1. The van der Waals surface area contributed by atoms with Crippen LogP contribution >= 0.6 is 11.6 Å². The van der Waals surface area contributed by atoms with Gasteiger partial charge < -0.3 is 10.1 Å². The van der Waals surface area contributed by atoms with Crippen molar-refractivity contribution in [3.8, 4) is 5.88 Å². The molecule has 27 heavy (non-hydrogen) atoms. The van der Waals surface area contributed by atoms with Gasteiger partial charge in [0, 0.05) is 11.6 Å². The van der Waals surface area contributed by atoms with Gasteiger partial charge in [0.15, 0.2) is 0 Å². The Bertz CT molecular complexity index is 931. The van der Waals surface area contributed by atoms with Gasteiger partial charge in [-0.1, -0.05) is 30.7 Å².